The summed E-state index contributed by atoms with van der Waals surface area (Å²) < 4.78 is 5.18. The van der Waals surface area contributed by atoms with Crippen LogP contribution in [-0.2, 0) is 14.3 Å². The van der Waals surface area contributed by atoms with E-state index in [1.54, 1.807) is 11.3 Å². The molecule has 1 aliphatic rings. The summed E-state index contributed by atoms with van der Waals surface area (Å²) in [4.78, 5) is 30.6. The molecule has 29 heavy (non-hydrogen) atoms. The molecule has 2 aromatic heterocycles. The van der Waals surface area contributed by atoms with Crippen molar-refractivity contribution in [1.82, 2.24) is 9.88 Å². The smallest absolute Gasteiger partial charge is 0.310 e. The van der Waals surface area contributed by atoms with Crippen LogP contribution in [0.15, 0.2) is 47.3 Å². The number of para-hydroxylation sites is 1. The first-order valence-corrected chi connectivity index (χ1v) is 11.1. The van der Waals surface area contributed by atoms with Crippen molar-refractivity contribution in [3.8, 4) is 0 Å². The molecule has 1 fully saturated rings. The molecule has 1 aromatic carbocycles. The minimum Gasteiger partial charge on any atom is -0.466 e. The zero-order valence-electron chi connectivity index (χ0n) is 16.6. The number of benzene rings is 1. The lowest BCUT2D eigenvalue weighted by atomic mass is 9.89. The summed E-state index contributed by atoms with van der Waals surface area (Å²) in [5.74, 6) is -0.301. The Morgan fingerprint density at radius 3 is 2.97 bits per heavy atom. The molecule has 3 aromatic rings. The molecule has 1 aliphatic heterocycles. The second-order valence-corrected chi connectivity index (χ2v) is 8.31. The predicted molar refractivity (Wildman–Crippen MR) is 115 cm³/mol. The highest BCUT2D eigenvalue weighted by molar-refractivity contribution is 7.08. The lowest BCUT2D eigenvalue weighted by Gasteiger charge is -2.32. The second-order valence-electron chi connectivity index (χ2n) is 7.53. The first kappa shape index (κ1) is 19.7. The van der Waals surface area contributed by atoms with Gasteiger partial charge in [0.25, 0.3) is 0 Å². The van der Waals surface area contributed by atoms with Crippen molar-refractivity contribution in [2.75, 3.05) is 19.7 Å². The topological polar surface area (TPSA) is 62.4 Å². The minimum absolute atomic E-state index is 0.00660. The van der Waals surface area contributed by atoms with E-state index in [4.69, 9.17) is 4.74 Å². The molecule has 0 bridgehead atoms. The molecule has 6 heteroatoms. The fourth-order valence-electron chi connectivity index (χ4n) is 4.22. The maximum absolute atomic E-state index is 13.2. The van der Waals surface area contributed by atoms with Crippen LogP contribution >= 0.6 is 11.3 Å². The normalized spacial score (nSPS) is 18.0. The molecule has 3 heterocycles. The summed E-state index contributed by atoms with van der Waals surface area (Å²) in [6.07, 6.45) is 4.05. The molecule has 4 rings (SSSR count). The number of esters is 1. The minimum atomic E-state index is -0.208. The van der Waals surface area contributed by atoms with Crippen LogP contribution < -0.4 is 0 Å². The van der Waals surface area contributed by atoms with Crippen molar-refractivity contribution < 1.29 is 14.3 Å². The van der Waals surface area contributed by atoms with Crippen molar-refractivity contribution >= 4 is 34.1 Å². The summed E-state index contributed by atoms with van der Waals surface area (Å²) in [6, 6.07) is 10.3. The van der Waals surface area contributed by atoms with Crippen LogP contribution in [0.2, 0.25) is 0 Å². The lowest BCUT2D eigenvalue weighted by molar-refractivity contribution is -0.151. The van der Waals surface area contributed by atoms with Gasteiger partial charge in [-0.15, -0.1) is 0 Å². The second kappa shape index (κ2) is 8.82. The first-order valence-electron chi connectivity index (χ1n) is 10.2. The van der Waals surface area contributed by atoms with Gasteiger partial charge < -0.3 is 14.6 Å². The third-order valence-electron chi connectivity index (χ3n) is 5.71. The molecule has 2 atom stereocenters. The summed E-state index contributed by atoms with van der Waals surface area (Å²) in [5, 5.41) is 5.33. The number of carbonyl (C=O) groups excluding carboxylic acids is 2. The molecule has 5 nitrogen and oxygen atoms in total. The molecule has 1 amide bonds. The Balaban J connectivity index is 1.55. The van der Waals surface area contributed by atoms with Crippen molar-refractivity contribution in [1.29, 1.82) is 0 Å². The van der Waals surface area contributed by atoms with Crippen LogP contribution in [-0.4, -0.2) is 41.5 Å². The average molecular weight is 411 g/mol. The SMILES string of the molecule is CCOC(=O)C1CCCN(C(=O)CC(c2ccsc2)c2c[nH]c3ccccc23)C1. The predicted octanol–water partition coefficient (Wildman–Crippen LogP) is 4.55. The third-order valence-corrected chi connectivity index (χ3v) is 6.42. The van der Waals surface area contributed by atoms with E-state index in [1.807, 2.05) is 30.2 Å². The number of carbonyl (C=O) groups is 2. The number of amides is 1. The summed E-state index contributed by atoms with van der Waals surface area (Å²) in [6.45, 7) is 3.36. The fourth-order valence-corrected chi connectivity index (χ4v) is 4.94. The lowest BCUT2D eigenvalue weighted by Crippen LogP contribution is -2.43. The quantitative estimate of drug-likeness (QED) is 0.606. The molecule has 0 saturated carbocycles. The summed E-state index contributed by atoms with van der Waals surface area (Å²) in [5.41, 5.74) is 3.38. The van der Waals surface area contributed by atoms with Gasteiger partial charge in [-0.3, -0.25) is 9.59 Å². The molecular weight excluding hydrogens is 384 g/mol. The number of rotatable bonds is 6. The highest BCUT2D eigenvalue weighted by atomic mass is 32.1. The van der Waals surface area contributed by atoms with Gasteiger partial charge in [-0.1, -0.05) is 18.2 Å². The highest BCUT2D eigenvalue weighted by Gasteiger charge is 2.31. The number of nitrogens with zero attached hydrogens (tertiary/aromatic N) is 1. The third kappa shape index (κ3) is 4.22. The number of ether oxygens (including phenoxy) is 1. The van der Waals surface area contributed by atoms with Gasteiger partial charge in [0.1, 0.15) is 0 Å². The van der Waals surface area contributed by atoms with Crippen LogP contribution in [0.5, 0.6) is 0 Å². The largest absolute Gasteiger partial charge is 0.466 e. The number of nitrogens with one attached hydrogen (secondary N) is 1. The van der Waals surface area contributed by atoms with E-state index in [1.165, 1.54) is 0 Å². The maximum atomic E-state index is 13.2. The number of likely N-dealkylation sites (tertiary alicyclic amines) is 1. The van der Waals surface area contributed by atoms with E-state index < -0.39 is 0 Å². The van der Waals surface area contributed by atoms with Crippen LogP contribution in [0.3, 0.4) is 0 Å². The number of aromatic amines is 1. The molecule has 152 valence electrons. The van der Waals surface area contributed by atoms with Gasteiger partial charge >= 0.3 is 5.97 Å². The van der Waals surface area contributed by atoms with Crippen LogP contribution in [0.1, 0.15) is 43.2 Å². The van der Waals surface area contributed by atoms with E-state index >= 15 is 0 Å². The van der Waals surface area contributed by atoms with Crippen LogP contribution in [0.25, 0.3) is 10.9 Å². The Morgan fingerprint density at radius 1 is 1.31 bits per heavy atom. The molecular formula is C23H26N2O3S. The molecule has 0 aliphatic carbocycles. The number of aromatic nitrogens is 1. The van der Waals surface area contributed by atoms with Crippen molar-refractivity contribution in [3.05, 3.63) is 58.4 Å². The summed E-state index contributed by atoms with van der Waals surface area (Å²) >= 11 is 1.65. The Morgan fingerprint density at radius 2 is 2.17 bits per heavy atom. The van der Waals surface area contributed by atoms with E-state index in [2.05, 4.69) is 33.9 Å². The van der Waals surface area contributed by atoms with E-state index in [0.29, 0.717) is 26.1 Å². The summed E-state index contributed by atoms with van der Waals surface area (Å²) in [7, 11) is 0. The zero-order valence-corrected chi connectivity index (χ0v) is 17.4. The van der Waals surface area contributed by atoms with Crippen molar-refractivity contribution in [3.63, 3.8) is 0 Å². The number of piperidine rings is 1. The van der Waals surface area contributed by atoms with Gasteiger partial charge in [0, 0.05) is 42.5 Å². The monoisotopic (exact) mass is 410 g/mol. The number of hydrogen-bond acceptors (Lipinski definition) is 4. The molecule has 0 spiro atoms. The fraction of sp³-hybridized carbons (Fsp3) is 0.391. The van der Waals surface area contributed by atoms with Gasteiger partial charge in [0.15, 0.2) is 0 Å². The zero-order chi connectivity index (χ0) is 20.2. The maximum Gasteiger partial charge on any atom is 0.310 e. The van der Waals surface area contributed by atoms with Crippen LogP contribution in [0.4, 0.5) is 0 Å². The van der Waals surface area contributed by atoms with Gasteiger partial charge in [0.2, 0.25) is 5.91 Å². The molecule has 0 radical (unpaired) electrons. The van der Waals surface area contributed by atoms with E-state index in [0.717, 1.165) is 34.9 Å². The number of fused-ring (bicyclic) bond motifs is 1. The van der Waals surface area contributed by atoms with Crippen molar-refractivity contribution in [2.24, 2.45) is 5.92 Å². The van der Waals surface area contributed by atoms with Crippen molar-refractivity contribution in [2.45, 2.75) is 32.1 Å². The van der Waals surface area contributed by atoms with Gasteiger partial charge in [0.05, 0.1) is 12.5 Å². The standard InChI is InChI=1S/C23H26N2O3S/c1-2-28-23(27)16-6-5-10-25(14-16)22(26)12-19(17-9-11-29-15-17)20-13-24-21-8-4-3-7-18(20)21/h3-4,7-9,11,13,15-16,19,24H,2,5-6,10,12,14H2,1H3. The highest BCUT2D eigenvalue weighted by Crippen LogP contribution is 2.35. The molecule has 1 saturated heterocycles. The Bertz CT molecular complexity index is 979. The number of hydrogen-bond donors (Lipinski definition) is 1. The average Bonchev–Trinajstić information content (AvgIpc) is 3.42. The Kier molecular flexibility index (Phi) is 6.00. The Hall–Kier alpha value is -2.60. The molecule has 1 N–H and O–H groups in total. The van der Waals surface area contributed by atoms with Crippen LogP contribution in [0, 0.1) is 5.92 Å². The van der Waals surface area contributed by atoms with Gasteiger partial charge in [-0.05, 0) is 53.8 Å². The van der Waals surface area contributed by atoms with E-state index in [9.17, 15) is 9.59 Å². The molecule has 2 unspecified atom stereocenters. The van der Waals surface area contributed by atoms with E-state index in [-0.39, 0.29) is 23.7 Å². The first-order chi connectivity index (χ1) is 14.2. The van der Waals surface area contributed by atoms with Gasteiger partial charge in [-0.25, -0.2) is 0 Å². The number of H-pyrrole nitrogens is 1. The van der Waals surface area contributed by atoms with Gasteiger partial charge in [-0.2, -0.15) is 11.3 Å². The number of thiophene rings is 1. The Labute approximate surface area is 174 Å².